The Kier molecular flexibility index (Phi) is 3.80. The number of carboxylic acid groups (broad SMARTS) is 1. The number of halogens is 1. The molecule has 0 saturated carbocycles. The van der Waals surface area contributed by atoms with Crippen LogP contribution in [0, 0.1) is 0 Å². The lowest BCUT2D eigenvalue weighted by Gasteiger charge is -2.10. The van der Waals surface area contributed by atoms with Crippen LogP contribution in [0.15, 0.2) is 59.2 Å². The first-order valence-corrected chi connectivity index (χ1v) is 7.46. The molecule has 3 nitrogen and oxygen atoms in total. The monoisotopic (exact) mass is 343 g/mol. The minimum Gasteiger partial charge on any atom is -0.481 e. The molecular formula is C17H14BrNO2. The van der Waals surface area contributed by atoms with Crippen LogP contribution in [0.2, 0.25) is 0 Å². The van der Waals surface area contributed by atoms with Crippen molar-refractivity contribution in [2.24, 2.45) is 0 Å². The topological polar surface area (TPSA) is 42.2 Å². The van der Waals surface area contributed by atoms with Gasteiger partial charge in [-0.2, -0.15) is 0 Å². The van der Waals surface area contributed by atoms with Gasteiger partial charge in [-0.3, -0.25) is 4.79 Å². The second-order valence-electron chi connectivity index (χ2n) is 4.96. The zero-order valence-corrected chi connectivity index (χ0v) is 12.9. The van der Waals surface area contributed by atoms with E-state index >= 15 is 0 Å². The quantitative estimate of drug-likeness (QED) is 0.775. The van der Waals surface area contributed by atoms with E-state index in [0.717, 1.165) is 26.5 Å². The molecule has 106 valence electrons. The molecule has 0 radical (unpaired) electrons. The lowest BCUT2D eigenvalue weighted by atomic mass is 10.0. The maximum Gasteiger partial charge on any atom is 0.307 e. The predicted octanol–water partition coefficient (Wildman–Crippen LogP) is 4.08. The van der Waals surface area contributed by atoms with E-state index in [1.807, 2.05) is 42.6 Å². The van der Waals surface area contributed by atoms with Crippen LogP contribution in [0.4, 0.5) is 0 Å². The number of aliphatic carboxylic acids is 1. The maximum absolute atomic E-state index is 11.0. The smallest absolute Gasteiger partial charge is 0.307 e. The van der Waals surface area contributed by atoms with Gasteiger partial charge in [0.05, 0.1) is 6.42 Å². The normalized spacial score (nSPS) is 10.9. The Bertz CT molecular complexity index is 807. The van der Waals surface area contributed by atoms with Gasteiger partial charge in [-0.15, -0.1) is 0 Å². The number of carbonyl (C=O) groups is 1. The number of rotatable bonds is 4. The van der Waals surface area contributed by atoms with Gasteiger partial charge in [0, 0.05) is 28.1 Å². The Morgan fingerprint density at radius 2 is 1.71 bits per heavy atom. The van der Waals surface area contributed by atoms with Crippen molar-refractivity contribution in [1.82, 2.24) is 4.57 Å². The zero-order chi connectivity index (χ0) is 14.8. The van der Waals surface area contributed by atoms with Crippen molar-refractivity contribution < 1.29 is 9.90 Å². The van der Waals surface area contributed by atoms with Gasteiger partial charge in [0.1, 0.15) is 0 Å². The molecular weight excluding hydrogens is 330 g/mol. The molecule has 0 aliphatic carbocycles. The number of para-hydroxylation sites is 1. The fourth-order valence-corrected chi connectivity index (χ4v) is 3.15. The largest absolute Gasteiger partial charge is 0.481 e. The molecule has 0 unspecified atom stereocenters. The molecule has 0 amide bonds. The number of benzene rings is 2. The minimum atomic E-state index is -0.805. The summed E-state index contributed by atoms with van der Waals surface area (Å²) >= 11 is 3.57. The summed E-state index contributed by atoms with van der Waals surface area (Å²) in [4.78, 5) is 11.0. The first-order chi connectivity index (χ1) is 10.1. The van der Waals surface area contributed by atoms with Crippen molar-refractivity contribution in [2.75, 3.05) is 0 Å². The fourth-order valence-electron chi connectivity index (χ4n) is 2.56. The number of hydrogen-bond donors (Lipinski definition) is 1. The maximum atomic E-state index is 11.0. The third-order valence-electron chi connectivity index (χ3n) is 3.54. The molecule has 0 bridgehead atoms. The second-order valence-corrected chi connectivity index (χ2v) is 5.82. The molecule has 3 rings (SSSR count). The van der Waals surface area contributed by atoms with Gasteiger partial charge < -0.3 is 9.67 Å². The van der Waals surface area contributed by atoms with E-state index in [4.69, 9.17) is 5.11 Å². The summed E-state index contributed by atoms with van der Waals surface area (Å²) in [7, 11) is 0. The summed E-state index contributed by atoms with van der Waals surface area (Å²) in [6.45, 7) is 0.662. The van der Waals surface area contributed by atoms with Crippen molar-refractivity contribution >= 4 is 32.8 Å². The van der Waals surface area contributed by atoms with Crippen LogP contribution >= 0.6 is 15.9 Å². The molecule has 21 heavy (non-hydrogen) atoms. The van der Waals surface area contributed by atoms with Crippen molar-refractivity contribution in [2.45, 2.75) is 13.0 Å². The van der Waals surface area contributed by atoms with Crippen molar-refractivity contribution in [3.8, 4) is 0 Å². The summed E-state index contributed by atoms with van der Waals surface area (Å²) < 4.78 is 3.19. The van der Waals surface area contributed by atoms with Gasteiger partial charge in [-0.25, -0.2) is 0 Å². The Balaban J connectivity index is 2.01. The van der Waals surface area contributed by atoms with Crippen LogP contribution in [0.1, 0.15) is 11.1 Å². The summed E-state index contributed by atoms with van der Waals surface area (Å²) in [6, 6.07) is 15.8. The van der Waals surface area contributed by atoms with E-state index in [9.17, 15) is 4.79 Å². The molecule has 0 saturated heterocycles. The highest BCUT2D eigenvalue weighted by Gasteiger charge is 2.10. The second kappa shape index (κ2) is 5.74. The Morgan fingerprint density at radius 1 is 1.05 bits per heavy atom. The highest BCUT2D eigenvalue weighted by atomic mass is 79.9. The van der Waals surface area contributed by atoms with Crippen LogP contribution < -0.4 is 0 Å². The van der Waals surface area contributed by atoms with Crippen LogP contribution in [0.5, 0.6) is 0 Å². The van der Waals surface area contributed by atoms with E-state index in [1.165, 1.54) is 0 Å². The van der Waals surface area contributed by atoms with E-state index in [1.54, 1.807) is 0 Å². The molecule has 0 aliphatic rings. The molecule has 2 aromatic carbocycles. The SMILES string of the molecule is O=C(O)Cc1ccccc1Cn1cc(Br)c2ccccc21. The molecule has 1 aromatic heterocycles. The van der Waals surface area contributed by atoms with Crippen molar-refractivity contribution in [3.63, 3.8) is 0 Å². The summed E-state index contributed by atoms with van der Waals surface area (Å²) in [5.41, 5.74) is 3.03. The molecule has 3 aromatic rings. The number of nitrogens with zero attached hydrogens (tertiary/aromatic N) is 1. The minimum absolute atomic E-state index is 0.0521. The number of hydrogen-bond acceptors (Lipinski definition) is 1. The highest BCUT2D eigenvalue weighted by molar-refractivity contribution is 9.10. The van der Waals surface area contributed by atoms with Crippen LogP contribution in [-0.2, 0) is 17.8 Å². The summed E-state index contributed by atoms with van der Waals surface area (Å²) in [5, 5.41) is 10.2. The van der Waals surface area contributed by atoms with Gasteiger partial charge in [-0.05, 0) is 33.1 Å². The lowest BCUT2D eigenvalue weighted by molar-refractivity contribution is -0.136. The van der Waals surface area contributed by atoms with Gasteiger partial charge >= 0.3 is 5.97 Å². The van der Waals surface area contributed by atoms with Gasteiger partial charge in [0.15, 0.2) is 0 Å². The Hall–Kier alpha value is -2.07. The van der Waals surface area contributed by atoms with E-state index in [2.05, 4.69) is 32.6 Å². The molecule has 4 heteroatoms. The molecule has 1 N–H and O–H groups in total. The van der Waals surface area contributed by atoms with E-state index < -0.39 is 5.97 Å². The van der Waals surface area contributed by atoms with E-state index in [0.29, 0.717) is 6.54 Å². The Morgan fingerprint density at radius 3 is 2.48 bits per heavy atom. The highest BCUT2D eigenvalue weighted by Crippen LogP contribution is 2.27. The molecule has 0 fully saturated rings. The number of carboxylic acids is 1. The first kappa shape index (κ1) is 13.9. The van der Waals surface area contributed by atoms with Crippen molar-refractivity contribution in [1.29, 1.82) is 0 Å². The molecule has 0 spiro atoms. The summed E-state index contributed by atoms with van der Waals surface area (Å²) in [6.07, 6.45) is 2.10. The fraction of sp³-hybridized carbons (Fsp3) is 0.118. The molecule has 0 atom stereocenters. The van der Waals surface area contributed by atoms with Crippen LogP contribution in [0.25, 0.3) is 10.9 Å². The molecule has 0 aliphatic heterocycles. The average Bonchev–Trinajstić information content (AvgIpc) is 2.78. The summed E-state index contributed by atoms with van der Waals surface area (Å²) in [5.74, 6) is -0.805. The van der Waals surface area contributed by atoms with Crippen LogP contribution in [0.3, 0.4) is 0 Å². The standard InChI is InChI=1S/C17H14BrNO2/c18-15-11-19(16-8-4-3-7-14(15)16)10-13-6-2-1-5-12(13)9-17(20)21/h1-8,11H,9-10H2,(H,20,21). The van der Waals surface area contributed by atoms with Gasteiger partial charge in [0.25, 0.3) is 0 Å². The van der Waals surface area contributed by atoms with Gasteiger partial charge in [0.2, 0.25) is 0 Å². The predicted molar refractivity (Wildman–Crippen MR) is 86.5 cm³/mol. The van der Waals surface area contributed by atoms with E-state index in [-0.39, 0.29) is 6.42 Å². The third kappa shape index (κ3) is 2.85. The van der Waals surface area contributed by atoms with Gasteiger partial charge in [-0.1, -0.05) is 42.5 Å². The average molecular weight is 344 g/mol. The van der Waals surface area contributed by atoms with Crippen molar-refractivity contribution in [3.05, 3.63) is 70.3 Å². The third-order valence-corrected chi connectivity index (χ3v) is 4.17. The Labute approximate surface area is 131 Å². The number of fused-ring (bicyclic) bond motifs is 1. The first-order valence-electron chi connectivity index (χ1n) is 6.67. The lowest BCUT2D eigenvalue weighted by Crippen LogP contribution is -2.06. The number of aromatic nitrogens is 1. The van der Waals surface area contributed by atoms with Crippen LogP contribution in [-0.4, -0.2) is 15.6 Å². The zero-order valence-electron chi connectivity index (χ0n) is 11.3. The molecule has 1 heterocycles.